The number of hydrogen-bond donors (Lipinski definition) is 2. The number of nitro groups is 1. The molecule has 1 atom stereocenters. The third kappa shape index (κ3) is 4.26. The number of sulfonamides is 1. The lowest BCUT2D eigenvalue weighted by atomic mass is 10.2. The zero-order valence-corrected chi connectivity index (χ0v) is 12.5. The lowest BCUT2D eigenvalue weighted by Gasteiger charge is -2.14. The standard InChI is InChI=1S/C12H19N3O4S/c1-4-13-10(3)8-14-20(18,19)12-6-5-11(15(16)17)7-9(12)2/h5-7,10,13-14H,4,8H2,1-3H3/t10-/m1/s1. The van der Waals surface area contributed by atoms with Gasteiger partial charge in [-0.15, -0.1) is 0 Å². The van der Waals surface area contributed by atoms with Gasteiger partial charge in [-0.3, -0.25) is 10.1 Å². The average Bonchev–Trinajstić information content (AvgIpc) is 2.36. The number of rotatable bonds is 7. The predicted octanol–water partition coefficient (Wildman–Crippen LogP) is 1.18. The Hall–Kier alpha value is -1.51. The van der Waals surface area contributed by atoms with Gasteiger partial charge in [0.2, 0.25) is 10.0 Å². The van der Waals surface area contributed by atoms with E-state index < -0.39 is 14.9 Å². The Bertz CT molecular complexity index is 586. The zero-order chi connectivity index (χ0) is 15.3. The number of likely N-dealkylation sites (N-methyl/N-ethyl adjacent to an activating group) is 1. The van der Waals surface area contributed by atoms with Crippen LogP contribution >= 0.6 is 0 Å². The minimum absolute atomic E-state index is 0.00753. The van der Waals surface area contributed by atoms with E-state index in [1.807, 2.05) is 13.8 Å². The van der Waals surface area contributed by atoms with Crippen LogP contribution in [0.3, 0.4) is 0 Å². The highest BCUT2D eigenvalue weighted by Gasteiger charge is 2.19. The summed E-state index contributed by atoms with van der Waals surface area (Å²) < 4.78 is 26.8. The molecule has 0 aliphatic carbocycles. The Kier molecular flexibility index (Phi) is 5.61. The molecule has 1 rings (SSSR count). The summed E-state index contributed by atoms with van der Waals surface area (Å²) in [5.74, 6) is 0. The Labute approximate surface area is 118 Å². The van der Waals surface area contributed by atoms with Crippen molar-refractivity contribution in [3.63, 3.8) is 0 Å². The zero-order valence-electron chi connectivity index (χ0n) is 11.7. The molecule has 1 aromatic carbocycles. The first-order chi connectivity index (χ1) is 9.27. The second kappa shape index (κ2) is 6.78. The van der Waals surface area contributed by atoms with Crippen LogP contribution in [0.15, 0.2) is 23.1 Å². The number of hydrogen-bond acceptors (Lipinski definition) is 5. The van der Waals surface area contributed by atoms with Gasteiger partial charge >= 0.3 is 0 Å². The molecule has 0 aliphatic heterocycles. The first kappa shape index (κ1) is 16.5. The number of benzene rings is 1. The number of nitrogens with one attached hydrogen (secondary N) is 2. The quantitative estimate of drug-likeness (QED) is 0.581. The van der Waals surface area contributed by atoms with Crippen molar-refractivity contribution >= 4 is 15.7 Å². The van der Waals surface area contributed by atoms with Crippen molar-refractivity contribution in [3.8, 4) is 0 Å². The third-order valence-corrected chi connectivity index (χ3v) is 4.37. The molecule has 0 amide bonds. The van der Waals surface area contributed by atoms with Crippen LogP contribution in [0.5, 0.6) is 0 Å². The lowest BCUT2D eigenvalue weighted by molar-refractivity contribution is -0.385. The molecule has 20 heavy (non-hydrogen) atoms. The summed E-state index contributed by atoms with van der Waals surface area (Å²) >= 11 is 0. The van der Waals surface area contributed by atoms with E-state index in [2.05, 4.69) is 10.0 Å². The van der Waals surface area contributed by atoms with Gasteiger partial charge in [0.1, 0.15) is 0 Å². The van der Waals surface area contributed by atoms with E-state index in [-0.39, 0.29) is 23.2 Å². The second-order valence-corrected chi connectivity index (χ2v) is 6.25. The Morgan fingerprint density at radius 1 is 1.40 bits per heavy atom. The molecule has 7 nitrogen and oxygen atoms in total. The van der Waals surface area contributed by atoms with Gasteiger partial charge in [-0.2, -0.15) is 0 Å². The van der Waals surface area contributed by atoms with Crippen LogP contribution < -0.4 is 10.0 Å². The fourth-order valence-corrected chi connectivity index (χ4v) is 3.14. The van der Waals surface area contributed by atoms with Crippen LogP contribution in [-0.2, 0) is 10.0 Å². The molecule has 0 radical (unpaired) electrons. The van der Waals surface area contributed by atoms with E-state index in [4.69, 9.17) is 0 Å². The first-order valence-corrected chi connectivity index (χ1v) is 7.74. The minimum atomic E-state index is -3.66. The Morgan fingerprint density at radius 2 is 2.05 bits per heavy atom. The molecule has 8 heteroatoms. The van der Waals surface area contributed by atoms with E-state index >= 15 is 0 Å². The third-order valence-electron chi connectivity index (χ3n) is 2.79. The van der Waals surface area contributed by atoms with Crippen molar-refractivity contribution in [2.45, 2.75) is 31.7 Å². The molecule has 0 fully saturated rings. The highest BCUT2D eigenvalue weighted by atomic mass is 32.2. The molecule has 0 saturated heterocycles. The molecule has 0 heterocycles. The Morgan fingerprint density at radius 3 is 2.55 bits per heavy atom. The van der Waals surface area contributed by atoms with Crippen LogP contribution in [0.1, 0.15) is 19.4 Å². The van der Waals surface area contributed by atoms with E-state index in [0.29, 0.717) is 5.56 Å². The van der Waals surface area contributed by atoms with Gasteiger partial charge in [-0.05, 0) is 32.0 Å². The van der Waals surface area contributed by atoms with E-state index in [1.165, 1.54) is 25.1 Å². The predicted molar refractivity (Wildman–Crippen MR) is 76.2 cm³/mol. The fourth-order valence-electron chi connectivity index (χ4n) is 1.78. The van der Waals surface area contributed by atoms with Crippen molar-refractivity contribution in [1.29, 1.82) is 0 Å². The number of nitro benzene ring substituents is 1. The highest BCUT2D eigenvalue weighted by Crippen LogP contribution is 2.20. The van der Waals surface area contributed by atoms with Gasteiger partial charge in [-0.25, -0.2) is 13.1 Å². The number of nitrogens with zero attached hydrogens (tertiary/aromatic N) is 1. The number of aryl methyl sites for hydroxylation is 1. The summed E-state index contributed by atoms with van der Waals surface area (Å²) in [4.78, 5) is 10.1. The van der Waals surface area contributed by atoms with Crippen molar-refractivity contribution in [1.82, 2.24) is 10.0 Å². The van der Waals surface area contributed by atoms with Crippen molar-refractivity contribution in [2.24, 2.45) is 0 Å². The van der Waals surface area contributed by atoms with E-state index in [1.54, 1.807) is 0 Å². The summed E-state index contributed by atoms with van der Waals surface area (Å²) in [6.45, 7) is 6.35. The van der Waals surface area contributed by atoms with Crippen LogP contribution in [-0.4, -0.2) is 32.5 Å². The van der Waals surface area contributed by atoms with Crippen LogP contribution in [0.25, 0.3) is 0 Å². The molecule has 2 N–H and O–H groups in total. The summed E-state index contributed by atoms with van der Waals surface area (Å²) in [6, 6.07) is 3.71. The summed E-state index contributed by atoms with van der Waals surface area (Å²) in [5, 5.41) is 13.7. The molecule has 0 saturated carbocycles. The molecule has 0 bridgehead atoms. The topological polar surface area (TPSA) is 101 Å². The largest absolute Gasteiger partial charge is 0.313 e. The van der Waals surface area contributed by atoms with Crippen LogP contribution in [0.2, 0.25) is 0 Å². The highest BCUT2D eigenvalue weighted by molar-refractivity contribution is 7.89. The molecular weight excluding hydrogens is 282 g/mol. The summed E-state index contributed by atoms with van der Waals surface area (Å²) in [5.41, 5.74) is 0.227. The van der Waals surface area contributed by atoms with Crippen LogP contribution in [0, 0.1) is 17.0 Å². The maximum absolute atomic E-state index is 12.1. The minimum Gasteiger partial charge on any atom is -0.313 e. The Balaban J connectivity index is 2.90. The van der Waals surface area contributed by atoms with Gasteiger partial charge in [0.25, 0.3) is 5.69 Å². The van der Waals surface area contributed by atoms with Gasteiger partial charge in [0.15, 0.2) is 0 Å². The SMILES string of the molecule is CCN[C@H](C)CNS(=O)(=O)c1ccc([N+](=O)[O-])cc1C. The van der Waals surface area contributed by atoms with Crippen molar-refractivity contribution in [2.75, 3.05) is 13.1 Å². The average molecular weight is 301 g/mol. The molecule has 0 spiro atoms. The van der Waals surface area contributed by atoms with E-state index in [9.17, 15) is 18.5 Å². The smallest absolute Gasteiger partial charge is 0.269 e. The van der Waals surface area contributed by atoms with Crippen LogP contribution in [0.4, 0.5) is 5.69 Å². The van der Waals surface area contributed by atoms with E-state index in [0.717, 1.165) is 6.54 Å². The molecular formula is C12H19N3O4S. The number of non-ortho nitro benzene ring substituents is 1. The lowest BCUT2D eigenvalue weighted by Crippen LogP contribution is -2.38. The summed E-state index contributed by atoms with van der Waals surface area (Å²) in [6.07, 6.45) is 0. The normalized spacial score (nSPS) is 13.2. The molecule has 1 aromatic rings. The second-order valence-electron chi connectivity index (χ2n) is 4.52. The molecule has 0 aromatic heterocycles. The maximum Gasteiger partial charge on any atom is 0.269 e. The van der Waals surface area contributed by atoms with Crippen molar-refractivity contribution in [3.05, 3.63) is 33.9 Å². The van der Waals surface area contributed by atoms with Crippen molar-refractivity contribution < 1.29 is 13.3 Å². The maximum atomic E-state index is 12.1. The fraction of sp³-hybridized carbons (Fsp3) is 0.500. The monoisotopic (exact) mass is 301 g/mol. The summed E-state index contributed by atoms with van der Waals surface area (Å²) in [7, 11) is -3.66. The molecule has 0 aliphatic rings. The van der Waals surface area contributed by atoms with Gasteiger partial charge in [0, 0.05) is 24.7 Å². The van der Waals surface area contributed by atoms with Gasteiger partial charge in [0.05, 0.1) is 9.82 Å². The molecule has 0 unspecified atom stereocenters. The molecule has 112 valence electrons. The van der Waals surface area contributed by atoms with Gasteiger partial charge < -0.3 is 5.32 Å². The first-order valence-electron chi connectivity index (χ1n) is 6.26. The van der Waals surface area contributed by atoms with Gasteiger partial charge in [-0.1, -0.05) is 6.92 Å².